The molecule has 0 fully saturated rings. The highest BCUT2D eigenvalue weighted by molar-refractivity contribution is 5.67. The van der Waals surface area contributed by atoms with Gasteiger partial charge in [-0.1, -0.05) is 0 Å². The van der Waals surface area contributed by atoms with Gasteiger partial charge >= 0.3 is 6.09 Å². The number of rotatable bonds is 4. The third-order valence-electron chi connectivity index (χ3n) is 1.81. The molecule has 0 radical (unpaired) electrons. The molecule has 0 aliphatic carbocycles. The molecule has 0 saturated heterocycles. The second-order valence-electron chi connectivity index (χ2n) is 5.11. The minimum atomic E-state index is -0.495. The zero-order chi connectivity index (χ0) is 12.1. The minimum Gasteiger partial charge on any atom is -0.443 e. The van der Waals surface area contributed by atoms with E-state index in [1.165, 1.54) is 0 Å². The van der Waals surface area contributed by atoms with Gasteiger partial charge in [-0.25, -0.2) is 4.79 Å². The van der Waals surface area contributed by atoms with Crippen LogP contribution in [-0.4, -0.2) is 30.9 Å². The van der Waals surface area contributed by atoms with Crippen molar-refractivity contribution in [1.82, 2.24) is 5.32 Å². The summed E-state index contributed by atoms with van der Waals surface area (Å²) in [5.74, 6) is 0. The van der Waals surface area contributed by atoms with Crippen LogP contribution >= 0.6 is 0 Å². The fourth-order valence-corrected chi connectivity index (χ4v) is 0.956. The van der Waals surface area contributed by atoms with E-state index in [4.69, 9.17) is 9.47 Å². The van der Waals surface area contributed by atoms with Gasteiger partial charge in [0.05, 0.1) is 12.2 Å². The SMILES string of the molecule is CNC(=O)OC(C)(C)CCOC(C)(C)C. The van der Waals surface area contributed by atoms with E-state index >= 15 is 0 Å². The van der Waals surface area contributed by atoms with Gasteiger partial charge in [-0.3, -0.25) is 0 Å². The fraction of sp³-hybridized carbons (Fsp3) is 0.909. The Kier molecular flexibility index (Phi) is 5.08. The van der Waals surface area contributed by atoms with Crippen LogP contribution in [0.4, 0.5) is 4.79 Å². The van der Waals surface area contributed by atoms with Crippen LogP contribution in [0.5, 0.6) is 0 Å². The maximum Gasteiger partial charge on any atom is 0.407 e. The lowest BCUT2D eigenvalue weighted by Gasteiger charge is -2.27. The number of alkyl carbamates (subject to hydrolysis) is 1. The van der Waals surface area contributed by atoms with Crippen molar-refractivity contribution in [1.29, 1.82) is 0 Å². The number of amides is 1. The average molecular weight is 217 g/mol. The lowest BCUT2D eigenvalue weighted by atomic mass is 10.1. The predicted octanol–water partition coefficient (Wildman–Crippen LogP) is 2.33. The first-order valence-electron chi connectivity index (χ1n) is 5.21. The number of ether oxygens (including phenoxy) is 2. The summed E-state index contributed by atoms with van der Waals surface area (Å²) < 4.78 is 10.7. The monoisotopic (exact) mass is 217 g/mol. The van der Waals surface area contributed by atoms with Crippen molar-refractivity contribution < 1.29 is 14.3 Å². The van der Waals surface area contributed by atoms with Gasteiger partial charge in [0.2, 0.25) is 0 Å². The summed E-state index contributed by atoms with van der Waals surface area (Å²) >= 11 is 0. The molecule has 0 rings (SSSR count). The molecular weight excluding hydrogens is 194 g/mol. The molecule has 0 atom stereocenters. The van der Waals surface area contributed by atoms with E-state index in [1.54, 1.807) is 7.05 Å². The second-order valence-corrected chi connectivity index (χ2v) is 5.11. The number of hydrogen-bond donors (Lipinski definition) is 1. The van der Waals surface area contributed by atoms with Gasteiger partial charge in [-0.15, -0.1) is 0 Å². The molecular formula is C11H23NO3. The summed E-state index contributed by atoms with van der Waals surface area (Å²) in [7, 11) is 1.55. The molecule has 4 nitrogen and oxygen atoms in total. The van der Waals surface area contributed by atoms with Gasteiger partial charge < -0.3 is 14.8 Å². The van der Waals surface area contributed by atoms with E-state index in [0.29, 0.717) is 13.0 Å². The normalized spacial score (nSPS) is 12.4. The Labute approximate surface area is 92.3 Å². The van der Waals surface area contributed by atoms with Gasteiger partial charge in [0.15, 0.2) is 0 Å². The van der Waals surface area contributed by atoms with Crippen LogP contribution < -0.4 is 5.32 Å². The zero-order valence-electron chi connectivity index (χ0n) is 10.6. The Balaban J connectivity index is 3.89. The molecule has 0 aliphatic rings. The summed E-state index contributed by atoms with van der Waals surface area (Å²) in [5, 5.41) is 2.43. The van der Waals surface area contributed by atoms with Gasteiger partial charge in [0.1, 0.15) is 5.60 Å². The summed E-state index contributed by atoms with van der Waals surface area (Å²) in [5.41, 5.74) is -0.644. The molecule has 0 heterocycles. The molecule has 0 aliphatic heterocycles. The summed E-state index contributed by atoms with van der Waals surface area (Å²) in [4.78, 5) is 11.0. The average Bonchev–Trinajstić information content (AvgIpc) is 2.00. The summed E-state index contributed by atoms with van der Waals surface area (Å²) in [6.07, 6.45) is 0.272. The molecule has 0 aromatic rings. The lowest BCUT2D eigenvalue weighted by Crippen LogP contribution is -2.35. The van der Waals surface area contributed by atoms with E-state index in [0.717, 1.165) is 0 Å². The second kappa shape index (κ2) is 5.35. The van der Waals surface area contributed by atoms with Gasteiger partial charge in [0, 0.05) is 13.5 Å². The first-order valence-corrected chi connectivity index (χ1v) is 5.21. The maximum absolute atomic E-state index is 11.0. The van der Waals surface area contributed by atoms with Crippen molar-refractivity contribution in [3.8, 4) is 0 Å². The Morgan fingerprint density at radius 2 is 1.73 bits per heavy atom. The van der Waals surface area contributed by atoms with Gasteiger partial charge in [-0.2, -0.15) is 0 Å². The largest absolute Gasteiger partial charge is 0.443 e. The molecule has 0 bridgehead atoms. The van der Waals surface area contributed by atoms with E-state index in [-0.39, 0.29) is 5.60 Å². The van der Waals surface area contributed by atoms with Crippen molar-refractivity contribution in [2.24, 2.45) is 0 Å². The molecule has 15 heavy (non-hydrogen) atoms. The Morgan fingerprint density at radius 3 is 2.13 bits per heavy atom. The van der Waals surface area contributed by atoms with Crippen LogP contribution in [0.1, 0.15) is 41.0 Å². The molecule has 0 saturated carbocycles. The van der Waals surface area contributed by atoms with Crippen molar-refractivity contribution in [3.63, 3.8) is 0 Å². The predicted molar refractivity (Wildman–Crippen MR) is 59.9 cm³/mol. The van der Waals surface area contributed by atoms with E-state index in [2.05, 4.69) is 5.32 Å². The van der Waals surface area contributed by atoms with E-state index in [9.17, 15) is 4.79 Å². The molecule has 1 amide bonds. The zero-order valence-corrected chi connectivity index (χ0v) is 10.6. The van der Waals surface area contributed by atoms with E-state index in [1.807, 2.05) is 34.6 Å². The van der Waals surface area contributed by atoms with Crippen molar-refractivity contribution in [3.05, 3.63) is 0 Å². The Hall–Kier alpha value is -0.770. The van der Waals surface area contributed by atoms with Crippen molar-refractivity contribution in [2.45, 2.75) is 52.2 Å². The third-order valence-corrected chi connectivity index (χ3v) is 1.81. The summed E-state index contributed by atoms with van der Waals surface area (Å²) in [6, 6.07) is 0. The van der Waals surface area contributed by atoms with Crippen LogP contribution in [-0.2, 0) is 9.47 Å². The highest BCUT2D eigenvalue weighted by Crippen LogP contribution is 2.17. The summed E-state index contributed by atoms with van der Waals surface area (Å²) in [6.45, 7) is 10.3. The Morgan fingerprint density at radius 1 is 1.20 bits per heavy atom. The molecule has 0 aromatic heterocycles. The fourth-order valence-electron chi connectivity index (χ4n) is 0.956. The molecule has 1 N–H and O–H groups in total. The quantitative estimate of drug-likeness (QED) is 0.786. The van der Waals surface area contributed by atoms with Crippen LogP contribution in [0.25, 0.3) is 0 Å². The maximum atomic E-state index is 11.0. The van der Waals surface area contributed by atoms with Gasteiger partial charge in [-0.05, 0) is 34.6 Å². The van der Waals surface area contributed by atoms with Crippen LogP contribution in [0, 0.1) is 0 Å². The highest BCUT2D eigenvalue weighted by atomic mass is 16.6. The van der Waals surface area contributed by atoms with Gasteiger partial charge in [0.25, 0.3) is 0 Å². The van der Waals surface area contributed by atoms with Crippen LogP contribution in [0.3, 0.4) is 0 Å². The molecule has 0 aromatic carbocycles. The molecule has 4 heteroatoms. The van der Waals surface area contributed by atoms with Crippen LogP contribution in [0.2, 0.25) is 0 Å². The van der Waals surface area contributed by atoms with Crippen molar-refractivity contribution in [2.75, 3.05) is 13.7 Å². The first-order chi connectivity index (χ1) is 6.66. The third kappa shape index (κ3) is 8.24. The standard InChI is InChI=1S/C11H23NO3/c1-10(2,3)14-8-7-11(4,5)15-9(13)12-6/h7-8H2,1-6H3,(H,12,13). The first kappa shape index (κ1) is 14.2. The van der Waals surface area contributed by atoms with E-state index < -0.39 is 11.7 Å². The lowest BCUT2D eigenvalue weighted by molar-refractivity contribution is -0.0399. The minimum absolute atomic E-state index is 0.150. The molecule has 0 unspecified atom stereocenters. The Bertz CT molecular complexity index is 206. The smallest absolute Gasteiger partial charge is 0.407 e. The van der Waals surface area contributed by atoms with Crippen LogP contribution in [0.15, 0.2) is 0 Å². The van der Waals surface area contributed by atoms with Crippen molar-refractivity contribution >= 4 is 6.09 Å². The highest BCUT2D eigenvalue weighted by Gasteiger charge is 2.23. The number of carbonyl (C=O) groups is 1. The number of hydrogen-bond acceptors (Lipinski definition) is 3. The number of carbonyl (C=O) groups excluding carboxylic acids is 1. The topological polar surface area (TPSA) is 47.6 Å². The molecule has 90 valence electrons. The number of nitrogens with one attached hydrogen (secondary N) is 1. The molecule has 0 spiro atoms.